The molecule has 5 nitrogen and oxygen atoms in total. The minimum absolute atomic E-state index is 0.200. The highest BCUT2D eigenvalue weighted by atomic mass is 35.5. The summed E-state index contributed by atoms with van der Waals surface area (Å²) in [7, 11) is 0. The van der Waals surface area contributed by atoms with Gasteiger partial charge in [0.15, 0.2) is 6.10 Å². The molecule has 6 heteroatoms. The number of carbonyl (C=O) groups is 2. The van der Waals surface area contributed by atoms with Crippen molar-refractivity contribution in [3.63, 3.8) is 0 Å². The van der Waals surface area contributed by atoms with Gasteiger partial charge >= 0.3 is 5.97 Å². The fourth-order valence-corrected chi connectivity index (χ4v) is 2.40. The molecule has 0 aliphatic carbocycles. The molecule has 0 aromatic heterocycles. The lowest BCUT2D eigenvalue weighted by atomic mass is 10.1. The van der Waals surface area contributed by atoms with Gasteiger partial charge in [0.1, 0.15) is 12.3 Å². The minimum atomic E-state index is -1.04. The van der Waals surface area contributed by atoms with Crippen LogP contribution in [0.2, 0.25) is 5.02 Å². The van der Waals surface area contributed by atoms with Crippen molar-refractivity contribution in [2.75, 3.05) is 6.54 Å². The first kappa shape index (κ1) is 14.7. The molecule has 1 aliphatic heterocycles. The molecule has 1 atom stereocenters. The molecule has 0 bridgehead atoms. The lowest BCUT2D eigenvalue weighted by Gasteiger charge is -2.27. The van der Waals surface area contributed by atoms with Crippen molar-refractivity contribution in [3.05, 3.63) is 28.8 Å². The van der Waals surface area contributed by atoms with Crippen LogP contribution >= 0.6 is 11.6 Å². The third kappa shape index (κ3) is 3.04. The van der Waals surface area contributed by atoms with Crippen molar-refractivity contribution in [1.82, 2.24) is 4.90 Å². The molecule has 0 spiro atoms. The van der Waals surface area contributed by atoms with Gasteiger partial charge < -0.3 is 14.7 Å². The lowest BCUT2D eigenvalue weighted by Crippen LogP contribution is -2.47. The lowest BCUT2D eigenvalue weighted by molar-refractivity contribution is -0.149. The van der Waals surface area contributed by atoms with Crippen LogP contribution < -0.4 is 4.74 Å². The number of carboxylic acid groups (broad SMARTS) is 1. The number of hydrogen-bond acceptors (Lipinski definition) is 3. The van der Waals surface area contributed by atoms with Crippen LogP contribution in [0.4, 0.5) is 0 Å². The molecule has 108 valence electrons. The van der Waals surface area contributed by atoms with Crippen molar-refractivity contribution < 1.29 is 19.4 Å². The molecule has 0 fully saturated rings. The number of carboxylic acids is 1. The van der Waals surface area contributed by atoms with Crippen LogP contribution in [0.15, 0.2) is 18.2 Å². The second kappa shape index (κ2) is 5.71. The largest absolute Gasteiger partial charge is 0.480 e. The zero-order valence-corrected chi connectivity index (χ0v) is 12.1. The first-order valence-electron chi connectivity index (χ1n) is 6.36. The van der Waals surface area contributed by atoms with Crippen LogP contribution in [0.3, 0.4) is 0 Å². The number of nitrogens with zero attached hydrogens (tertiary/aromatic N) is 1. The second-order valence-corrected chi connectivity index (χ2v) is 5.45. The molecule has 1 unspecified atom stereocenters. The maximum Gasteiger partial charge on any atom is 0.323 e. The predicted molar refractivity (Wildman–Crippen MR) is 74.1 cm³/mol. The Bertz CT molecular complexity index is 544. The standard InChI is InChI=1S/C14H16ClNO4/c1-8(2)16(7-13(17)18)14(19)12-6-9-5-10(15)3-4-11(9)20-12/h3-5,8,12H,6-7H2,1-2H3,(H,17,18). The highest BCUT2D eigenvalue weighted by Gasteiger charge is 2.34. The van der Waals surface area contributed by atoms with Gasteiger partial charge in [-0.25, -0.2) is 0 Å². The molecule has 1 heterocycles. The van der Waals surface area contributed by atoms with Gasteiger partial charge in [-0.1, -0.05) is 11.6 Å². The van der Waals surface area contributed by atoms with Gasteiger partial charge in [0.05, 0.1) is 0 Å². The van der Waals surface area contributed by atoms with E-state index in [9.17, 15) is 9.59 Å². The summed E-state index contributed by atoms with van der Waals surface area (Å²) in [4.78, 5) is 24.5. The van der Waals surface area contributed by atoms with Crippen molar-refractivity contribution in [3.8, 4) is 5.75 Å². The highest BCUT2D eigenvalue weighted by molar-refractivity contribution is 6.30. The first-order chi connectivity index (χ1) is 9.38. The Morgan fingerprint density at radius 2 is 2.20 bits per heavy atom. The number of ether oxygens (including phenoxy) is 1. The van der Waals surface area contributed by atoms with Crippen LogP contribution in [0.5, 0.6) is 5.75 Å². The van der Waals surface area contributed by atoms with Crippen LogP contribution in [-0.2, 0) is 16.0 Å². The summed E-state index contributed by atoms with van der Waals surface area (Å²) in [5, 5.41) is 9.47. The van der Waals surface area contributed by atoms with Crippen LogP contribution in [0.1, 0.15) is 19.4 Å². The monoisotopic (exact) mass is 297 g/mol. The zero-order valence-electron chi connectivity index (χ0n) is 11.3. The topological polar surface area (TPSA) is 66.8 Å². The third-order valence-corrected chi connectivity index (χ3v) is 3.42. The Hall–Kier alpha value is -1.75. The molecule has 1 N–H and O–H groups in total. The summed E-state index contributed by atoms with van der Waals surface area (Å²) in [6.07, 6.45) is -0.261. The number of rotatable bonds is 4. The predicted octanol–water partition coefficient (Wildman–Crippen LogP) is 1.97. The summed E-state index contributed by atoms with van der Waals surface area (Å²) in [5.74, 6) is -0.716. The fraction of sp³-hybridized carbons (Fsp3) is 0.429. The van der Waals surface area contributed by atoms with E-state index in [1.165, 1.54) is 4.90 Å². The van der Waals surface area contributed by atoms with Crippen molar-refractivity contribution >= 4 is 23.5 Å². The summed E-state index contributed by atoms with van der Waals surface area (Å²) in [6, 6.07) is 4.99. The van der Waals surface area contributed by atoms with E-state index >= 15 is 0 Å². The Labute approximate surface area is 122 Å². The van der Waals surface area contributed by atoms with E-state index in [1.54, 1.807) is 32.0 Å². The minimum Gasteiger partial charge on any atom is -0.480 e. The van der Waals surface area contributed by atoms with Gasteiger partial charge in [-0.2, -0.15) is 0 Å². The summed E-state index contributed by atoms with van der Waals surface area (Å²) < 4.78 is 5.59. The molecular weight excluding hydrogens is 282 g/mol. The maximum atomic E-state index is 12.4. The smallest absolute Gasteiger partial charge is 0.323 e. The first-order valence-corrected chi connectivity index (χ1v) is 6.73. The molecule has 1 aromatic rings. The van der Waals surface area contributed by atoms with Crippen LogP contribution in [-0.4, -0.2) is 40.6 Å². The van der Waals surface area contributed by atoms with E-state index in [2.05, 4.69) is 0 Å². The average molecular weight is 298 g/mol. The normalized spacial score (nSPS) is 16.7. The van der Waals surface area contributed by atoms with Gasteiger partial charge in [-0.15, -0.1) is 0 Å². The number of hydrogen-bond donors (Lipinski definition) is 1. The Morgan fingerprint density at radius 3 is 2.80 bits per heavy atom. The Balaban J connectivity index is 2.13. The third-order valence-electron chi connectivity index (χ3n) is 3.18. The summed E-state index contributed by atoms with van der Waals surface area (Å²) in [6.45, 7) is 3.23. The quantitative estimate of drug-likeness (QED) is 0.922. The number of aliphatic carboxylic acids is 1. The molecule has 2 rings (SSSR count). The van der Waals surface area contributed by atoms with Gasteiger partial charge in [-0.05, 0) is 37.6 Å². The highest BCUT2D eigenvalue weighted by Crippen LogP contribution is 2.31. The van der Waals surface area contributed by atoms with E-state index in [-0.39, 0.29) is 18.5 Å². The average Bonchev–Trinajstić information content (AvgIpc) is 2.77. The number of halogens is 1. The number of carbonyl (C=O) groups excluding carboxylic acids is 1. The SMILES string of the molecule is CC(C)N(CC(=O)O)C(=O)C1Cc2cc(Cl)ccc2O1. The Morgan fingerprint density at radius 1 is 1.50 bits per heavy atom. The van der Waals surface area contributed by atoms with E-state index in [4.69, 9.17) is 21.4 Å². The van der Waals surface area contributed by atoms with E-state index in [1.807, 2.05) is 0 Å². The molecule has 0 saturated heterocycles. The molecule has 1 amide bonds. The van der Waals surface area contributed by atoms with Gasteiger partial charge in [-0.3, -0.25) is 9.59 Å². The summed E-state index contributed by atoms with van der Waals surface area (Å²) >= 11 is 5.90. The van der Waals surface area contributed by atoms with Crippen molar-refractivity contribution in [2.24, 2.45) is 0 Å². The zero-order chi connectivity index (χ0) is 14.9. The van der Waals surface area contributed by atoms with E-state index < -0.39 is 12.1 Å². The van der Waals surface area contributed by atoms with Crippen molar-refractivity contribution in [1.29, 1.82) is 0 Å². The van der Waals surface area contributed by atoms with E-state index in [0.717, 1.165) is 5.56 Å². The number of benzene rings is 1. The van der Waals surface area contributed by atoms with Crippen molar-refractivity contribution in [2.45, 2.75) is 32.4 Å². The molecule has 20 heavy (non-hydrogen) atoms. The molecule has 0 saturated carbocycles. The molecule has 0 radical (unpaired) electrons. The molecular formula is C14H16ClNO4. The van der Waals surface area contributed by atoms with Crippen LogP contribution in [0, 0.1) is 0 Å². The fourth-order valence-electron chi connectivity index (χ4n) is 2.20. The number of amides is 1. The van der Waals surface area contributed by atoms with E-state index in [0.29, 0.717) is 17.2 Å². The van der Waals surface area contributed by atoms with Gasteiger partial charge in [0.2, 0.25) is 0 Å². The molecule has 1 aromatic carbocycles. The maximum absolute atomic E-state index is 12.4. The van der Waals surface area contributed by atoms with Gasteiger partial charge in [0, 0.05) is 17.5 Å². The number of fused-ring (bicyclic) bond motifs is 1. The van der Waals surface area contributed by atoms with Gasteiger partial charge in [0.25, 0.3) is 5.91 Å². The van der Waals surface area contributed by atoms with Crippen LogP contribution in [0.25, 0.3) is 0 Å². The molecule has 1 aliphatic rings. The second-order valence-electron chi connectivity index (χ2n) is 5.02. The Kier molecular flexibility index (Phi) is 4.18. The summed E-state index contributed by atoms with van der Waals surface area (Å²) in [5.41, 5.74) is 0.870.